The highest BCUT2D eigenvalue weighted by Gasteiger charge is 2.62. The molecule has 5 aliphatic rings. The van der Waals surface area contributed by atoms with Crippen molar-refractivity contribution >= 4 is 6.21 Å². The van der Waals surface area contributed by atoms with Crippen molar-refractivity contribution < 1.29 is 4.84 Å². The molecule has 9 atom stereocenters. The molecule has 1 spiro atoms. The van der Waals surface area contributed by atoms with Crippen molar-refractivity contribution in [2.45, 2.75) is 111 Å². The summed E-state index contributed by atoms with van der Waals surface area (Å²) in [4.78, 5) is 5.75. The van der Waals surface area contributed by atoms with E-state index in [0.717, 1.165) is 41.4 Å². The molecule has 164 valence electrons. The average Bonchev–Trinajstić information content (AvgIpc) is 3.04. The monoisotopic (exact) mass is 399 g/mol. The SMILES string of the molecule is CC(C)CCC[C@H](C)[C@@H]1CC[C@@H]2[C@H]3CC[C@H]4CC[C@H]5C[C@@]4(C=NO5)[C@@H]3CC[C@]21C. The Hall–Kier alpha value is -0.530. The van der Waals surface area contributed by atoms with Gasteiger partial charge in [-0.1, -0.05) is 52.1 Å². The van der Waals surface area contributed by atoms with E-state index in [-0.39, 0.29) is 0 Å². The highest BCUT2D eigenvalue weighted by atomic mass is 16.6. The summed E-state index contributed by atoms with van der Waals surface area (Å²) >= 11 is 0. The van der Waals surface area contributed by atoms with Gasteiger partial charge in [0, 0.05) is 5.41 Å². The van der Waals surface area contributed by atoms with E-state index >= 15 is 0 Å². The van der Waals surface area contributed by atoms with E-state index in [1.54, 1.807) is 0 Å². The lowest BCUT2D eigenvalue weighted by Gasteiger charge is -2.61. The van der Waals surface area contributed by atoms with Crippen LogP contribution in [0.15, 0.2) is 5.16 Å². The third-order valence-corrected chi connectivity index (χ3v) is 10.9. The lowest BCUT2D eigenvalue weighted by Crippen LogP contribution is -2.57. The summed E-state index contributed by atoms with van der Waals surface area (Å²) in [6.07, 6.45) is 19.9. The minimum absolute atomic E-state index is 0.395. The molecule has 0 saturated heterocycles. The van der Waals surface area contributed by atoms with Gasteiger partial charge in [0.2, 0.25) is 0 Å². The predicted octanol–water partition coefficient (Wildman–Crippen LogP) is 7.47. The summed E-state index contributed by atoms with van der Waals surface area (Å²) in [6.45, 7) is 10.1. The number of nitrogens with zero attached hydrogens (tertiary/aromatic N) is 1. The highest BCUT2D eigenvalue weighted by molar-refractivity contribution is 5.68. The smallest absolute Gasteiger partial charge is 0.128 e. The van der Waals surface area contributed by atoms with Crippen LogP contribution in [0.25, 0.3) is 0 Å². The Morgan fingerprint density at radius 3 is 2.62 bits per heavy atom. The molecular weight excluding hydrogens is 354 g/mol. The molecular formula is C27H45NO. The Bertz CT molecular complexity index is 628. The van der Waals surface area contributed by atoms with Crippen LogP contribution in [0.2, 0.25) is 0 Å². The molecule has 2 bridgehead atoms. The second-order valence-corrected chi connectivity index (χ2v) is 12.5. The van der Waals surface area contributed by atoms with Gasteiger partial charge in [0.15, 0.2) is 0 Å². The molecule has 2 heteroatoms. The fourth-order valence-electron chi connectivity index (χ4n) is 9.52. The maximum Gasteiger partial charge on any atom is 0.128 e. The maximum atomic E-state index is 5.75. The lowest BCUT2D eigenvalue weighted by atomic mass is 9.44. The molecule has 1 aliphatic heterocycles. The van der Waals surface area contributed by atoms with Crippen molar-refractivity contribution in [1.29, 1.82) is 0 Å². The van der Waals surface area contributed by atoms with E-state index in [4.69, 9.17) is 4.84 Å². The Kier molecular flexibility index (Phi) is 5.31. The molecule has 29 heavy (non-hydrogen) atoms. The number of oxime groups is 1. The number of hydrogen-bond donors (Lipinski definition) is 0. The van der Waals surface area contributed by atoms with Gasteiger partial charge in [-0.2, -0.15) is 0 Å². The van der Waals surface area contributed by atoms with Crippen molar-refractivity contribution in [3.05, 3.63) is 0 Å². The first kappa shape index (κ1) is 20.4. The normalized spacial score (nSPS) is 49.1. The van der Waals surface area contributed by atoms with Gasteiger partial charge in [0.05, 0.1) is 6.21 Å². The van der Waals surface area contributed by atoms with E-state index in [0.29, 0.717) is 16.9 Å². The van der Waals surface area contributed by atoms with Crippen LogP contribution in [0.1, 0.15) is 105 Å². The van der Waals surface area contributed by atoms with Gasteiger partial charge in [-0.3, -0.25) is 0 Å². The van der Waals surface area contributed by atoms with Crippen LogP contribution in [0.4, 0.5) is 0 Å². The van der Waals surface area contributed by atoms with E-state index < -0.39 is 0 Å². The summed E-state index contributed by atoms with van der Waals surface area (Å²) < 4.78 is 0. The molecule has 0 aromatic carbocycles. The number of rotatable bonds is 5. The first-order valence-corrected chi connectivity index (χ1v) is 13.1. The predicted molar refractivity (Wildman–Crippen MR) is 121 cm³/mol. The van der Waals surface area contributed by atoms with Crippen LogP contribution in [0.5, 0.6) is 0 Å². The number of fused-ring (bicyclic) bond motifs is 4. The summed E-state index contributed by atoms with van der Waals surface area (Å²) in [5.74, 6) is 6.47. The van der Waals surface area contributed by atoms with Gasteiger partial charge in [0.25, 0.3) is 0 Å². The third kappa shape index (κ3) is 3.21. The van der Waals surface area contributed by atoms with Gasteiger partial charge in [0.1, 0.15) is 6.10 Å². The van der Waals surface area contributed by atoms with Crippen LogP contribution in [0.3, 0.4) is 0 Å². The van der Waals surface area contributed by atoms with Crippen LogP contribution in [-0.2, 0) is 4.84 Å². The summed E-state index contributed by atoms with van der Waals surface area (Å²) in [6, 6.07) is 0. The number of hydrogen-bond acceptors (Lipinski definition) is 2. The molecule has 0 aromatic rings. The minimum Gasteiger partial charge on any atom is -0.393 e. The molecule has 0 aromatic heterocycles. The molecule has 4 saturated carbocycles. The summed E-state index contributed by atoms with van der Waals surface area (Å²) in [5.41, 5.74) is 1.00. The topological polar surface area (TPSA) is 21.6 Å². The zero-order chi connectivity index (χ0) is 20.2. The average molecular weight is 400 g/mol. The molecule has 5 rings (SSSR count). The van der Waals surface area contributed by atoms with E-state index in [2.05, 4.69) is 39.1 Å². The lowest BCUT2D eigenvalue weighted by molar-refractivity contribution is -0.129. The largest absolute Gasteiger partial charge is 0.393 e. The second kappa shape index (κ2) is 7.56. The summed E-state index contributed by atoms with van der Waals surface area (Å²) in [5, 5.41) is 4.50. The Labute approximate surface area is 179 Å². The van der Waals surface area contributed by atoms with Crippen molar-refractivity contribution in [2.24, 2.45) is 57.4 Å². The Morgan fingerprint density at radius 2 is 1.79 bits per heavy atom. The standard InChI is InChI=1S/C27H45NO/c1-18(2)6-5-7-19(3)23-12-13-24-22-11-9-20-8-10-21-16-27(20,17-28-29-21)25(22)14-15-26(23,24)4/h17-25H,5-16H2,1-4H3/t19-,20+,21-,22+,23-,24+,25+,26-,27-/m0/s1. The van der Waals surface area contributed by atoms with Crippen LogP contribution >= 0.6 is 0 Å². The van der Waals surface area contributed by atoms with Crippen LogP contribution in [0, 0.1) is 52.3 Å². The van der Waals surface area contributed by atoms with Crippen molar-refractivity contribution in [1.82, 2.24) is 0 Å². The summed E-state index contributed by atoms with van der Waals surface area (Å²) in [7, 11) is 0. The van der Waals surface area contributed by atoms with E-state index in [1.165, 1.54) is 77.0 Å². The second-order valence-electron chi connectivity index (χ2n) is 12.5. The minimum atomic E-state index is 0.395. The first-order valence-electron chi connectivity index (χ1n) is 13.1. The van der Waals surface area contributed by atoms with Crippen molar-refractivity contribution in [3.63, 3.8) is 0 Å². The van der Waals surface area contributed by atoms with Crippen molar-refractivity contribution in [3.8, 4) is 0 Å². The molecule has 0 N–H and O–H groups in total. The Morgan fingerprint density at radius 1 is 0.966 bits per heavy atom. The van der Waals surface area contributed by atoms with Gasteiger partial charge < -0.3 is 4.84 Å². The highest BCUT2D eigenvalue weighted by Crippen LogP contribution is 2.68. The molecule has 4 aliphatic carbocycles. The fraction of sp³-hybridized carbons (Fsp3) is 0.963. The van der Waals surface area contributed by atoms with Gasteiger partial charge in [-0.15, -0.1) is 0 Å². The zero-order valence-electron chi connectivity index (χ0n) is 19.5. The van der Waals surface area contributed by atoms with Crippen LogP contribution in [-0.4, -0.2) is 12.3 Å². The molecule has 0 unspecified atom stereocenters. The van der Waals surface area contributed by atoms with E-state index in [9.17, 15) is 0 Å². The van der Waals surface area contributed by atoms with Gasteiger partial charge in [-0.05, 0) is 105 Å². The zero-order valence-corrected chi connectivity index (χ0v) is 19.5. The quantitative estimate of drug-likeness (QED) is 0.470. The third-order valence-electron chi connectivity index (χ3n) is 10.9. The molecule has 1 heterocycles. The molecule has 0 amide bonds. The van der Waals surface area contributed by atoms with Gasteiger partial charge >= 0.3 is 0 Å². The first-order chi connectivity index (χ1) is 13.9. The fourth-order valence-corrected chi connectivity index (χ4v) is 9.52. The van der Waals surface area contributed by atoms with Gasteiger partial charge in [-0.25, -0.2) is 0 Å². The Balaban J connectivity index is 1.33. The van der Waals surface area contributed by atoms with Crippen LogP contribution < -0.4 is 0 Å². The van der Waals surface area contributed by atoms with Crippen molar-refractivity contribution in [2.75, 3.05) is 0 Å². The maximum absolute atomic E-state index is 5.75. The molecule has 0 radical (unpaired) electrons. The van der Waals surface area contributed by atoms with E-state index in [1.807, 2.05) is 0 Å². The molecule has 2 nitrogen and oxygen atoms in total. The molecule has 4 fully saturated rings.